The second kappa shape index (κ2) is 10.0. The van der Waals surface area contributed by atoms with Gasteiger partial charge in [-0.25, -0.2) is 9.38 Å². The summed E-state index contributed by atoms with van der Waals surface area (Å²) >= 11 is 0. The molecule has 4 rings (SSSR count). The molecule has 1 aliphatic carbocycles. The van der Waals surface area contributed by atoms with Crippen molar-refractivity contribution in [1.82, 2.24) is 14.7 Å². The maximum absolute atomic E-state index is 14.4. The number of halogens is 1. The fourth-order valence-corrected chi connectivity index (χ4v) is 4.26. The first-order valence-corrected chi connectivity index (χ1v) is 11.8. The van der Waals surface area contributed by atoms with E-state index in [1.165, 1.54) is 18.2 Å². The summed E-state index contributed by atoms with van der Waals surface area (Å²) in [5, 5.41) is 0. The Morgan fingerprint density at radius 1 is 1.20 bits per heavy atom. The number of hydrogen-bond donors (Lipinski definition) is 0. The molecule has 35 heavy (non-hydrogen) atoms. The van der Waals surface area contributed by atoms with Gasteiger partial charge in [0.05, 0.1) is 23.4 Å². The highest BCUT2D eigenvalue weighted by Gasteiger charge is 2.36. The molecular formula is C26H31FN4O4. The van der Waals surface area contributed by atoms with Crippen molar-refractivity contribution in [2.75, 3.05) is 33.7 Å². The molecule has 1 aromatic carbocycles. The van der Waals surface area contributed by atoms with Gasteiger partial charge in [-0.05, 0) is 38.0 Å². The number of nitrogens with zero attached hydrogens (tertiary/aromatic N) is 4. The zero-order valence-corrected chi connectivity index (χ0v) is 20.4. The Kier molecular flexibility index (Phi) is 7.05. The van der Waals surface area contributed by atoms with Gasteiger partial charge in [0.1, 0.15) is 17.4 Å². The van der Waals surface area contributed by atoms with E-state index in [1.54, 1.807) is 36.2 Å². The van der Waals surface area contributed by atoms with Crippen molar-refractivity contribution in [3.63, 3.8) is 0 Å². The Morgan fingerprint density at radius 3 is 2.51 bits per heavy atom. The SMILES string of the molecule is C=C/C(=C\N=C(C)N1CC(C(=O)N(C)C)C1)N1CC[C@@H](Oc2ccc(C(=O)C3CC3)c(F)c2)C1=O. The largest absolute Gasteiger partial charge is 0.480 e. The molecule has 1 atom stereocenters. The molecule has 0 unspecified atom stereocenters. The van der Waals surface area contributed by atoms with Gasteiger partial charge >= 0.3 is 0 Å². The Labute approximate surface area is 204 Å². The summed E-state index contributed by atoms with van der Waals surface area (Å²) in [6.45, 7) is 7.30. The molecule has 3 fully saturated rings. The van der Waals surface area contributed by atoms with Gasteiger partial charge in [0.2, 0.25) is 5.91 Å². The van der Waals surface area contributed by atoms with Crippen LogP contribution in [0.2, 0.25) is 0 Å². The number of ether oxygens (including phenoxy) is 1. The maximum Gasteiger partial charge on any atom is 0.268 e. The summed E-state index contributed by atoms with van der Waals surface area (Å²) in [6.07, 6.45) is 4.42. The number of allylic oxidation sites excluding steroid dienone is 1. The van der Waals surface area contributed by atoms with E-state index in [9.17, 15) is 18.8 Å². The van der Waals surface area contributed by atoms with E-state index in [2.05, 4.69) is 11.6 Å². The molecule has 3 aliphatic rings. The Morgan fingerprint density at radius 2 is 1.91 bits per heavy atom. The molecule has 2 saturated heterocycles. The monoisotopic (exact) mass is 482 g/mol. The number of amides is 2. The minimum absolute atomic E-state index is 0.0261. The van der Waals surface area contributed by atoms with E-state index < -0.39 is 11.9 Å². The molecule has 2 aliphatic heterocycles. The summed E-state index contributed by atoms with van der Waals surface area (Å²) < 4.78 is 20.2. The van der Waals surface area contributed by atoms with Crippen molar-refractivity contribution in [1.29, 1.82) is 0 Å². The van der Waals surface area contributed by atoms with Crippen LogP contribution in [0.3, 0.4) is 0 Å². The van der Waals surface area contributed by atoms with Crippen molar-refractivity contribution >= 4 is 23.4 Å². The van der Waals surface area contributed by atoms with Crippen LogP contribution in [0, 0.1) is 17.7 Å². The Hall–Kier alpha value is -3.49. The number of rotatable bonds is 8. The van der Waals surface area contributed by atoms with E-state index in [0.29, 0.717) is 31.8 Å². The minimum atomic E-state index is -0.763. The molecule has 0 aromatic heterocycles. The van der Waals surface area contributed by atoms with Crippen LogP contribution in [-0.2, 0) is 9.59 Å². The fraction of sp³-hybridized carbons (Fsp3) is 0.462. The van der Waals surface area contributed by atoms with Gasteiger partial charge in [-0.15, -0.1) is 0 Å². The van der Waals surface area contributed by atoms with E-state index in [0.717, 1.165) is 18.7 Å². The highest BCUT2D eigenvalue weighted by Crippen LogP contribution is 2.34. The average Bonchev–Trinajstić information content (AvgIpc) is 3.58. The lowest BCUT2D eigenvalue weighted by Crippen LogP contribution is -2.54. The molecule has 2 heterocycles. The predicted octanol–water partition coefficient (Wildman–Crippen LogP) is 2.86. The number of aliphatic imine (C=N–C) groups is 1. The van der Waals surface area contributed by atoms with Gasteiger partial charge in [0.25, 0.3) is 5.91 Å². The van der Waals surface area contributed by atoms with Gasteiger partial charge < -0.3 is 19.4 Å². The molecule has 1 aromatic rings. The topological polar surface area (TPSA) is 82.5 Å². The van der Waals surface area contributed by atoms with Gasteiger partial charge in [0.15, 0.2) is 11.9 Å². The number of carbonyl (C=O) groups excluding carboxylic acids is 3. The van der Waals surface area contributed by atoms with Crippen LogP contribution in [0.4, 0.5) is 4.39 Å². The maximum atomic E-state index is 14.4. The molecule has 0 spiro atoms. The van der Waals surface area contributed by atoms with E-state index >= 15 is 0 Å². The third kappa shape index (κ3) is 5.28. The Bertz CT molecular complexity index is 1100. The van der Waals surface area contributed by atoms with Crippen molar-refractivity contribution in [3.8, 4) is 5.75 Å². The van der Waals surface area contributed by atoms with Crippen LogP contribution >= 0.6 is 0 Å². The number of benzene rings is 1. The van der Waals surface area contributed by atoms with Crippen LogP contribution in [0.5, 0.6) is 5.75 Å². The number of likely N-dealkylation sites (tertiary alicyclic amines) is 2. The van der Waals surface area contributed by atoms with Crippen molar-refractivity contribution in [3.05, 3.63) is 54.1 Å². The predicted molar refractivity (Wildman–Crippen MR) is 129 cm³/mol. The molecular weight excluding hydrogens is 451 g/mol. The normalized spacial score (nSPS) is 21.1. The molecule has 0 bridgehead atoms. The van der Waals surface area contributed by atoms with Crippen LogP contribution in [0.15, 0.2) is 47.7 Å². The molecule has 186 valence electrons. The zero-order chi connectivity index (χ0) is 25.3. The second-order valence-corrected chi connectivity index (χ2v) is 9.43. The lowest BCUT2D eigenvalue weighted by atomic mass is 9.99. The van der Waals surface area contributed by atoms with E-state index in [1.807, 2.05) is 11.8 Å². The summed E-state index contributed by atoms with van der Waals surface area (Å²) in [5.74, 6) is -0.0835. The smallest absolute Gasteiger partial charge is 0.268 e. The summed E-state index contributed by atoms with van der Waals surface area (Å²) in [4.78, 5) is 46.7. The first kappa shape index (κ1) is 24.6. The molecule has 0 radical (unpaired) electrons. The van der Waals surface area contributed by atoms with Crippen LogP contribution < -0.4 is 4.74 Å². The van der Waals surface area contributed by atoms with Gasteiger partial charge in [-0.2, -0.15) is 0 Å². The Balaban J connectivity index is 1.36. The van der Waals surface area contributed by atoms with Crippen molar-refractivity contribution in [2.45, 2.75) is 32.3 Å². The number of ketones is 1. The number of amidine groups is 1. The van der Waals surface area contributed by atoms with Crippen LogP contribution in [-0.4, -0.2) is 78.0 Å². The van der Waals surface area contributed by atoms with Crippen molar-refractivity contribution < 1.29 is 23.5 Å². The lowest BCUT2D eigenvalue weighted by Gasteiger charge is -2.40. The quantitative estimate of drug-likeness (QED) is 0.246. The summed E-state index contributed by atoms with van der Waals surface area (Å²) in [5.41, 5.74) is 0.613. The zero-order valence-electron chi connectivity index (χ0n) is 20.4. The number of Topliss-reactive ketones (excluding diaryl/α,β-unsaturated/α-hetero) is 1. The van der Waals surface area contributed by atoms with Gasteiger partial charge in [0, 0.05) is 52.1 Å². The number of hydrogen-bond acceptors (Lipinski definition) is 5. The second-order valence-electron chi connectivity index (χ2n) is 9.43. The third-order valence-electron chi connectivity index (χ3n) is 6.62. The summed E-state index contributed by atoms with van der Waals surface area (Å²) in [7, 11) is 3.49. The van der Waals surface area contributed by atoms with Crippen molar-refractivity contribution in [2.24, 2.45) is 16.8 Å². The number of carbonyl (C=O) groups is 3. The van der Waals surface area contributed by atoms with E-state index in [4.69, 9.17) is 4.74 Å². The van der Waals surface area contributed by atoms with Gasteiger partial charge in [-0.1, -0.05) is 6.58 Å². The molecule has 9 heteroatoms. The van der Waals surface area contributed by atoms with E-state index in [-0.39, 0.29) is 40.7 Å². The summed E-state index contributed by atoms with van der Waals surface area (Å²) in [6, 6.07) is 4.14. The first-order valence-electron chi connectivity index (χ1n) is 11.8. The lowest BCUT2D eigenvalue weighted by molar-refractivity contribution is -0.136. The fourth-order valence-electron chi connectivity index (χ4n) is 4.26. The van der Waals surface area contributed by atoms with Gasteiger partial charge in [-0.3, -0.25) is 14.4 Å². The molecule has 8 nitrogen and oxygen atoms in total. The molecule has 2 amide bonds. The average molecular weight is 483 g/mol. The third-order valence-corrected chi connectivity index (χ3v) is 6.62. The standard InChI is InChI=1S/C26H31FN4O4/c1-5-19(13-28-16(2)30-14-18(15-30)25(33)29(3)4)31-11-10-23(26(31)34)35-20-8-9-21(22(27)12-20)24(32)17-6-7-17/h5,8-9,12-13,17-18,23H,1,6-7,10-11,14-15H2,2-4H3/b19-13+,28-16?/t23-/m1/s1. The highest BCUT2D eigenvalue weighted by atomic mass is 19.1. The molecule has 0 N–H and O–H groups in total. The molecule has 1 saturated carbocycles. The van der Waals surface area contributed by atoms with Crippen LogP contribution in [0.25, 0.3) is 0 Å². The van der Waals surface area contributed by atoms with Crippen LogP contribution in [0.1, 0.15) is 36.5 Å². The minimum Gasteiger partial charge on any atom is -0.480 e. The first-order chi connectivity index (χ1) is 16.7. The highest BCUT2D eigenvalue weighted by molar-refractivity contribution is 5.99.